The number of hydrogen-bond acceptors (Lipinski definition) is 4. The van der Waals surface area contributed by atoms with Gasteiger partial charge in [-0.25, -0.2) is 0 Å². The van der Waals surface area contributed by atoms with Gasteiger partial charge in [0, 0.05) is 19.0 Å². The average molecular weight is 362 g/mol. The molecule has 6 nitrogen and oxygen atoms in total. The Bertz CT molecular complexity index is 796. The summed E-state index contributed by atoms with van der Waals surface area (Å²) >= 11 is 6.33. The predicted molar refractivity (Wildman–Crippen MR) is 98.5 cm³/mol. The van der Waals surface area contributed by atoms with Gasteiger partial charge in [0.1, 0.15) is 0 Å². The van der Waals surface area contributed by atoms with Crippen molar-refractivity contribution in [3.63, 3.8) is 0 Å². The molecule has 1 amide bonds. The molecule has 1 atom stereocenters. The Hall–Kier alpha value is -1.63. The fourth-order valence-electron chi connectivity index (χ4n) is 4.21. The van der Waals surface area contributed by atoms with Crippen LogP contribution in [0.1, 0.15) is 25.0 Å². The van der Waals surface area contributed by atoms with Crippen LogP contribution in [0.25, 0.3) is 10.9 Å². The van der Waals surface area contributed by atoms with Crippen molar-refractivity contribution in [2.45, 2.75) is 31.8 Å². The molecule has 2 fully saturated rings. The van der Waals surface area contributed by atoms with E-state index in [1.807, 2.05) is 25.2 Å². The van der Waals surface area contributed by atoms with Crippen molar-refractivity contribution < 1.29 is 4.79 Å². The number of fused-ring (bicyclic) bond motifs is 1. The zero-order valence-corrected chi connectivity index (χ0v) is 15.2. The van der Waals surface area contributed by atoms with Gasteiger partial charge in [0.25, 0.3) is 0 Å². The third-order valence-corrected chi connectivity index (χ3v) is 5.99. The summed E-state index contributed by atoms with van der Waals surface area (Å²) in [5, 5.41) is 16.0. The molecule has 2 saturated heterocycles. The Kier molecular flexibility index (Phi) is 4.43. The summed E-state index contributed by atoms with van der Waals surface area (Å²) in [6, 6.07) is 5.65. The van der Waals surface area contributed by atoms with Crippen LogP contribution >= 0.6 is 11.6 Å². The number of hydrogen-bond donors (Lipinski definition) is 3. The summed E-state index contributed by atoms with van der Waals surface area (Å²) in [6.07, 6.45) is 3.21. The topological polar surface area (TPSA) is 71.0 Å². The molecular weight excluding hydrogens is 338 g/mol. The quantitative estimate of drug-likeness (QED) is 0.776. The second kappa shape index (κ2) is 6.59. The highest BCUT2D eigenvalue weighted by atomic mass is 35.5. The van der Waals surface area contributed by atoms with Crippen LogP contribution in [0.15, 0.2) is 18.2 Å². The van der Waals surface area contributed by atoms with Crippen molar-refractivity contribution in [2.24, 2.45) is 12.5 Å². The van der Waals surface area contributed by atoms with Gasteiger partial charge in [0.15, 0.2) is 0 Å². The molecule has 7 heteroatoms. The molecule has 1 spiro atoms. The van der Waals surface area contributed by atoms with Gasteiger partial charge in [-0.05, 0) is 49.9 Å². The molecule has 1 aromatic carbocycles. The minimum absolute atomic E-state index is 0.0567. The third-order valence-electron chi connectivity index (χ3n) is 5.67. The Morgan fingerprint density at radius 2 is 2.24 bits per heavy atom. The van der Waals surface area contributed by atoms with E-state index in [-0.39, 0.29) is 17.4 Å². The largest absolute Gasteiger partial charge is 0.349 e. The van der Waals surface area contributed by atoms with E-state index >= 15 is 0 Å². The summed E-state index contributed by atoms with van der Waals surface area (Å²) in [7, 11) is 1.89. The maximum Gasteiger partial charge on any atom is 0.237 e. The maximum atomic E-state index is 12.6. The summed E-state index contributed by atoms with van der Waals surface area (Å²) in [5.41, 5.74) is 2.07. The maximum absolute atomic E-state index is 12.6. The van der Waals surface area contributed by atoms with Crippen molar-refractivity contribution in [1.82, 2.24) is 25.7 Å². The first-order chi connectivity index (χ1) is 12.1. The number of piperidine rings is 1. The number of aryl methyl sites for hydroxylation is 1. The molecule has 0 saturated carbocycles. The van der Waals surface area contributed by atoms with Gasteiger partial charge in [-0.15, -0.1) is 0 Å². The molecule has 2 aliphatic heterocycles. The summed E-state index contributed by atoms with van der Waals surface area (Å²) in [5.74, 6) is 0.0567. The third kappa shape index (κ3) is 3.14. The molecule has 3 N–H and O–H groups in total. The number of benzene rings is 1. The average Bonchev–Trinajstić information content (AvgIpc) is 3.16. The van der Waals surface area contributed by atoms with Crippen molar-refractivity contribution in [2.75, 3.05) is 19.6 Å². The first-order valence-corrected chi connectivity index (χ1v) is 9.28. The van der Waals surface area contributed by atoms with Gasteiger partial charge in [-0.3, -0.25) is 9.48 Å². The van der Waals surface area contributed by atoms with Gasteiger partial charge >= 0.3 is 0 Å². The van der Waals surface area contributed by atoms with Crippen molar-refractivity contribution in [3.8, 4) is 0 Å². The van der Waals surface area contributed by atoms with Gasteiger partial charge in [0.2, 0.25) is 5.91 Å². The van der Waals surface area contributed by atoms with E-state index in [2.05, 4.69) is 21.0 Å². The number of carbonyl (C=O) groups excluding carboxylic acids is 1. The van der Waals surface area contributed by atoms with E-state index in [4.69, 9.17) is 11.6 Å². The van der Waals surface area contributed by atoms with Crippen LogP contribution in [0.5, 0.6) is 0 Å². The van der Waals surface area contributed by atoms with E-state index in [1.54, 1.807) is 4.68 Å². The number of amides is 1. The second-order valence-corrected chi connectivity index (χ2v) is 7.72. The van der Waals surface area contributed by atoms with E-state index < -0.39 is 0 Å². The number of aromatic nitrogens is 2. The number of nitrogens with one attached hydrogen (secondary N) is 3. The van der Waals surface area contributed by atoms with Crippen molar-refractivity contribution in [1.29, 1.82) is 0 Å². The molecule has 0 unspecified atom stereocenters. The molecule has 134 valence electrons. The fraction of sp³-hybridized carbons (Fsp3) is 0.556. The first kappa shape index (κ1) is 16.8. The lowest BCUT2D eigenvalue weighted by atomic mass is 9.77. The first-order valence-electron chi connectivity index (χ1n) is 8.90. The van der Waals surface area contributed by atoms with Crippen LogP contribution in [-0.2, 0) is 18.4 Å². The molecule has 0 bridgehead atoms. The minimum Gasteiger partial charge on any atom is -0.349 e. The Morgan fingerprint density at radius 3 is 3.04 bits per heavy atom. The zero-order valence-electron chi connectivity index (χ0n) is 14.4. The fourth-order valence-corrected chi connectivity index (χ4v) is 4.49. The van der Waals surface area contributed by atoms with E-state index in [1.165, 1.54) is 0 Å². The van der Waals surface area contributed by atoms with Crippen LogP contribution < -0.4 is 16.0 Å². The zero-order chi connectivity index (χ0) is 17.4. The van der Waals surface area contributed by atoms with E-state index in [9.17, 15) is 4.79 Å². The monoisotopic (exact) mass is 361 g/mol. The number of nitrogens with zero attached hydrogens (tertiary/aromatic N) is 2. The summed E-state index contributed by atoms with van der Waals surface area (Å²) < 4.78 is 1.81. The van der Waals surface area contributed by atoms with E-state index in [0.717, 1.165) is 55.5 Å². The number of carbonyl (C=O) groups is 1. The highest BCUT2D eigenvalue weighted by Gasteiger charge is 2.42. The lowest BCUT2D eigenvalue weighted by Crippen LogP contribution is -2.40. The number of rotatable bonds is 3. The van der Waals surface area contributed by atoms with Crippen LogP contribution in [0.2, 0.25) is 5.02 Å². The molecular formula is C18H24ClN5O. The summed E-state index contributed by atoms with van der Waals surface area (Å²) in [6.45, 7) is 3.43. The van der Waals surface area contributed by atoms with Crippen molar-refractivity contribution in [3.05, 3.63) is 28.9 Å². The van der Waals surface area contributed by atoms with Crippen LogP contribution in [-0.4, -0.2) is 41.4 Å². The Morgan fingerprint density at radius 1 is 1.44 bits per heavy atom. The van der Waals surface area contributed by atoms with Crippen molar-refractivity contribution >= 4 is 28.4 Å². The van der Waals surface area contributed by atoms with E-state index in [0.29, 0.717) is 11.6 Å². The lowest BCUT2D eigenvalue weighted by molar-refractivity contribution is -0.123. The van der Waals surface area contributed by atoms with Gasteiger partial charge in [0.05, 0.1) is 28.8 Å². The second-order valence-electron chi connectivity index (χ2n) is 7.31. The molecule has 1 aromatic heterocycles. The molecule has 0 aliphatic carbocycles. The normalized spacial score (nSPS) is 22.6. The van der Waals surface area contributed by atoms with Gasteiger partial charge < -0.3 is 16.0 Å². The SMILES string of the molecule is Cn1nc(CNC(=O)[C@H]2CC3(CCNCC3)CN2)c2c(Cl)cccc21. The minimum atomic E-state index is -0.108. The Balaban J connectivity index is 1.43. The highest BCUT2D eigenvalue weighted by molar-refractivity contribution is 6.35. The Labute approximate surface area is 152 Å². The summed E-state index contributed by atoms with van der Waals surface area (Å²) in [4.78, 5) is 12.6. The molecule has 2 aliphatic rings. The molecule has 2 aromatic rings. The molecule has 25 heavy (non-hydrogen) atoms. The van der Waals surface area contributed by atoms with Crippen LogP contribution in [0.4, 0.5) is 0 Å². The standard InChI is InChI=1S/C18H24ClN5O/c1-24-15-4-2-3-12(19)16(15)14(23-24)10-21-17(25)13-9-18(11-22-13)5-7-20-8-6-18/h2-4,13,20,22H,5-11H2,1H3,(H,21,25)/t13-/m1/s1. The molecule has 0 radical (unpaired) electrons. The number of halogens is 1. The highest BCUT2D eigenvalue weighted by Crippen LogP contribution is 2.37. The van der Waals surface area contributed by atoms with Gasteiger partial charge in [-0.2, -0.15) is 5.10 Å². The molecule has 3 heterocycles. The molecule has 4 rings (SSSR count). The smallest absolute Gasteiger partial charge is 0.237 e. The lowest BCUT2D eigenvalue weighted by Gasteiger charge is -2.33. The van der Waals surface area contributed by atoms with Crippen LogP contribution in [0, 0.1) is 5.41 Å². The van der Waals surface area contributed by atoms with Crippen LogP contribution in [0.3, 0.4) is 0 Å². The van der Waals surface area contributed by atoms with Gasteiger partial charge in [-0.1, -0.05) is 17.7 Å². The predicted octanol–water partition coefficient (Wildman–Crippen LogP) is 1.57.